The minimum Gasteiger partial charge on any atom is -0.473 e. The Morgan fingerprint density at radius 1 is 0.897 bits per heavy atom. The number of carboxylic acid groups (broad SMARTS) is 4. The van der Waals surface area contributed by atoms with Crippen molar-refractivity contribution in [3.05, 3.63) is 78.4 Å². The fraction of sp³-hybridized carbons (Fsp3) is 0.296. The molecule has 0 atom stereocenters. The van der Waals surface area contributed by atoms with Crippen LogP contribution in [-0.2, 0) is 32.1 Å². The van der Waals surface area contributed by atoms with Crippen LogP contribution in [0.5, 0.6) is 0 Å². The highest BCUT2D eigenvalue weighted by Crippen LogP contribution is 2.25. The number of likely N-dealkylation sites (tertiary alicyclic amines) is 1. The zero-order valence-electron chi connectivity index (χ0n) is 21.1. The highest BCUT2D eigenvalue weighted by molar-refractivity contribution is 6.27. The molecule has 4 rings (SSSR count). The maximum atomic E-state index is 13.3. The zero-order valence-corrected chi connectivity index (χ0v) is 21.1. The Morgan fingerprint density at radius 2 is 1.44 bits per heavy atom. The van der Waals surface area contributed by atoms with Gasteiger partial charge in [-0.1, -0.05) is 30.3 Å². The van der Waals surface area contributed by atoms with Gasteiger partial charge in [-0.2, -0.15) is 0 Å². The molecule has 12 heteroatoms. The normalized spacial score (nSPS) is 13.4. The topological polar surface area (TPSA) is 170 Å². The summed E-state index contributed by atoms with van der Waals surface area (Å²) in [6.45, 7) is 7.82. The monoisotopic (exact) mass is 543 g/mol. The third kappa shape index (κ3) is 10.0. The molecule has 0 bridgehead atoms. The Labute approximate surface area is 223 Å². The van der Waals surface area contributed by atoms with E-state index in [2.05, 4.69) is 34.2 Å². The quantitative estimate of drug-likeness (QED) is 0.268. The van der Waals surface area contributed by atoms with Crippen molar-refractivity contribution in [1.29, 1.82) is 0 Å². The van der Waals surface area contributed by atoms with E-state index in [1.165, 1.54) is 25.0 Å². The van der Waals surface area contributed by atoms with E-state index in [-0.39, 0.29) is 5.82 Å². The summed E-state index contributed by atoms with van der Waals surface area (Å²) in [5, 5.41) is 29.6. The Bertz CT molecular complexity index is 1250. The third-order valence-corrected chi connectivity index (χ3v) is 5.92. The van der Waals surface area contributed by atoms with E-state index in [1.54, 1.807) is 0 Å². The number of imidazole rings is 1. The summed E-state index contributed by atoms with van der Waals surface area (Å²) in [5.41, 5.74) is 3.29. The first-order valence-electron chi connectivity index (χ1n) is 12.0. The predicted molar refractivity (Wildman–Crippen MR) is 139 cm³/mol. The molecule has 0 radical (unpaired) electrons. The van der Waals surface area contributed by atoms with Gasteiger partial charge >= 0.3 is 23.9 Å². The lowest BCUT2D eigenvalue weighted by Gasteiger charge is -2.31. The average molecular weight is 544 g/mol. The van der Waals surface area contributed by atoms with Crippen LogP contribution in [-0.4, -0.2) is 78.4 Å². The molecule has 2 heterocycles. The summed E-state index contributed by atoms with van der Waals surface area (Å²) in [6.07, 6.45) is 5.39. The molecule has 1 aromatic heterocycles. The minimum absolute atomic E-state index is 0.194. The van der Waals surface area contributed by atoms with Gasteiger partial charge in [0, 0.05) is 19.5 Å². The summed E-state index contributed by atoms with van der Waals surface area (Å²) in [6, 6.07) is 15.1. The van der Waals surface area contributed by atoms with Gasteiger partial charge in [-0.15, -0.1) is 6.58 Å². The molecule has 2 aromatic carbocycles. The second-order valence-corrected chi connectivity index (χ2v) is 8.69. The van der Waals surface area contributed by atoms with Crippen LogP contribution in [0.3, 0.4) is 0 Å². The lowest BCUT2D eigenvalue weighted by Crippen LogP contribution is -2.34. The molecule has 0 aliphatic carbocycles. The van der Waals surface area contributed by atoms with Crippen LogP contribution in [0, 0.1) is 11.7 Å². The molecular formula is C27H30FN3O8. The first-order valence-corrected chi connectivity index (χ1v) is 12.0. The number of benzene rings is 2. The molecule has 208 valence electrons. The lowest BCUT2D eigenvalue weighted by atomic mass is 9.93. The number of carboxylic acids is 4. The average Bonchev–Trinajstić information content (AvgIpc) is 3.24. The number of hydrogen-bond acceptors (Lipinski definition) is 6. The highest BCUT2D eigenvalue weighted by Gasteiger charge is 2.21. The van der Waals surface area contributed by atoms with Crippen LogP contribution in [0.25, 0.3) is 11.0 Å². The van der Waals surface area contributed by atoms with Crippen molar-refractivity contribution in [2.45, 2.75) is 25.8 Å². The molecule has 1 aliphatic heterocycles. The minimum atomic E-state index is -1.82. The van der Waals surface area contributed by atoms with Crippen molar-refractivity contribution in [3.63, 3.8) is 0 Å². The largest absolute Gasteiger partial charge is 0.473 e. The van der Waals surface area contributed by atoms with Crippen LogP contribution in [0.2, 0.25) is 0 Å². The fourth-order valence-electron chi connectivity index (χ4n) is 4.04. The third-order valence-electron chi connectivity index (χ3n) is 5.92. The standard InChI is InChI=1S/C23H26FN3.2C2H2O4/c1-2-13-26-14-11-18(12-15-26)16-23-25-21-5-3-4-6-22(21)27(23)17-19-7-9-20(24)10-8-19;2*3-1(4)2(5)6/h2-10,18H,1,11-17H2;2*(H,3,4)(H,5,6). The molecule has 3 aromatic rings. The van der Waals surface area contributed by atoms with E-state index in [9.17, 15) is 4.39 Å². The SMILES string of the molecule is C=CCN1CCC(Cc2nc3ccccc3n2Cc2ccc(F)cc2)CC1.O=C(O)C(=O)O.O=C(O)C(=O)O. The number of aromatic nitrogens is 2. The number of carbonyl (C=O) groups is 4. The van der Waals surface area contributed by atoms with E-state index in [1.807, 2.05) is 24.3 Å². The number of nitrogens with zero attached hydrogens (tertiary/aromatic N) is 3. The second kappa shape index (κ2) is 15.0. The lowest BCUT2D eigenvalue weighted by molar-refractivity contribution is -0.159. The van der Waals surface area contributed by atoms with Gasteiger partial charge in [0.2, 0.25) is 0 Å². The van der Waals surface area contributed by atoms with Crippen molar-refractivity contribution in [1.82, 2.24) is 14.5 Å². The van der Waals surface area contributed by atoms with Gasteiger partial charge in [-0.05, 0) is 61.7 Å². The van der Waals surface area contributed by atoms with Crippen LogP contribution < -0.4 is 0 Å². The smallest absolute Gasteiger partial charge is 0.414 e. The Morgan fingerprint density at radius 3 is 1.95 bits per heavy atom. The van der Waals surface area contributed by atoms with Crippen LogP contribution >= 0.6 is 0 Å². The van der Waals surface area contributed by atoms with E-state index in [0.717, 1.165) is 55.0 Å². The van der Waals surface area contributed by atoms with Crippen LogP contribution in [0.4, 0.5) is 4.39 Å². The van der Waals surface area contributed by atoms with Crippen molar-refractivity contribution in [2.24, 2.45) is 5.92 Å². The molecular weight excluding hydrogens is 513 g/mol. The molecule has 4 N–H and O–H groups in total. The number of hydrogen-bond donors (Lipinski definition) is 4. The number of para-hydroxylation sites is 2. The number of fused-ring (bicyclic) bond motifs is 1. The van der Waals surface area contributed by atoms with Gasteiger partial charge in [-0.25, -0.2) is 28.6 Å². The Kier molecular flexibility index (Phi) is 11.8. The number of halogens is 1. The van der Waals surface area contributed by atoms with Crippen molar-refractivity contribution in [3.8, 4) is 0 Å². The van der Waals surface area contributed by atoms with Gasteiger partial charge in [-0.3, -0.25) is 4.90 Å². The summed E-state index contributed by atoms with van der Waals surface area (Å²) >= 11 is 0. The van der Waals surface area contributed by atoms with Crippen molar-refractivity contribution in [2.75, 3.05) is 19.6 Å². The fourth-order valence-corrected chi connectivity index (χ4v) is 4.04. The molecule has 1 saturated heterocycles. The molecule has 0 spiro atoms. The Hall–Kier alpha value is -4.58. The maximum Gasteiger partial charge on any atom is 0.414 e. The van der Waals surface area contributed by atoms with E-state index < -0.39 is 23.9 Å². The number of aliphatic carboxylic acids is 4. The molecule has 0 saturated carbocycles. The van der Waals surface area contributed by atoms with Crippen LogP contribution in [0.1, 0.15) is 24.2 Å². The van der Waals surface area contributed by atoms with Gasteiger partial charge in [0.15, 0.2) is 0 Å². The second-order valence-electron chi connectivity index (χ2n) is 8.69. The van der Waals surface area contributed by atoms with Gasteiger partial charge < -0.3 is 25.0 Å². The van der Waals surface area contributed by atoms with Crippen LogP contribution in [0.15, 0.2) is 61.2 Å². The highest BCUT2D eigenvalue weighted by atomic mass is 19.1. The molecule has 1 aliphatic rings. The van der Waals surface area contributed by atoms with Crippen molar-refractivity contribution >= 4 is 34.9 Å². The number of piperidine rings is 1. The van der Waals surface area contributed by atoms with E-state index in [4.69, 9.17) is 44.6 Å². The summed E-state index contributed by atoms with van der Waals surface area (Å²) in [5.74, 6) is -5.69. The van der Waals surface area contributed by atoms with Gasteiger partial charge in [0.25, 0.3) is 0 Å². The van der Waals surface area contributed by atoms with Crippen molar-refractivity contribution < 1.29 is 44.0 Å². The Balaban J connectivity index is 0.000000374. The molecule has 11 nitrogen and oxygen atoms in total. The molecule has 0 unspecified atom stereocenters. The predicted octanol–water partition coefficient (Wildman–Crippen LogP) is 2.98. The van der Waals surface area contributed by atoms with Gasteiger partial charge in [0.05, 0.1) is 11.0 Å². The van der Waals surface area contributed by atoms with E-state index in [0.29, 0.717) is 5.92 Å². The van der Waals surface area contributed by atoms with Gasteiger partial charge in [0.1, 0.15) is 11.6 Å². The van der Waals surface area contributed by atoms with E-state index >= 15 is 0 Å². The maximum absolute atomic E-state index is 13.3. The summed E-state index contributed by atoms with van der Waals surface area (Å²) in [7, 11) is 0. The molecule has 0 amide bonds. The molecule has 1 fully saturated rings. The zero-order chi connectivity index (χ0) is 28.9. The summed E-state index contributed by atoms with van der Waals surface area (Å²) in [4.78, 5) is 43.8. The number of rotatable bonds is 6. The summed E-state index contributed by atoms with van der Waals surface area (Å²) < 4.78 is 15.6. The first kappa shape index (κ1) is 30.6. The first-order chi connectivity index (χ1) is 18.5. The molecule has 39 heavy (non-hydrogen) atoms.